The van der Waals surface area contributed by atoms with E-state index in [1.54, 1.807) is 7.05 Å². The van der Waals surface area contributed by atoms with Gasteiger partial charge in [-0.1, -0.05) is 48.5 Å². The summed E-state index contributed by atoms with van der Waals surface area (Å²) in [4.78, 5) is 32.9. The largest absolute Gasteiger partial charge is 0.477 e. The summed E-state index contributed by atoms with van der Waals surface area (Å²) in [6.45, 7) is 2.36. The topological polar surface area (TPSA) is 113 Å². The van der Waals surface area contributed by atoms with Crippen LogP contribution >= 0.6 is 22.9 Å². The number of carboxylic acid groups (broad SMARTS) is 1. The maximum Gasteiger partial charge on any atom is 0.348 e. The zero-order chi connectivity index (χ0) is 23.1. The van der Waals surface area contributed by atoms with Crippen molar-refractivity contribution in [3.8, 4) is 22.5 Å². The Morgan fingerprint density at radius 3 is 2.48 bits per heavy atom. The van der Waals surface area contributed by atoms with Crippen molar-refractivity contribution < 1.29 is 9.90 Å². The van der Waals surface area contributed by atoms with E-state index in [9.17, 15) is 14.7 Å². The Morgan fingerprint density at radius 1 is 1.12 bits per heavy atom. The van der Waals surface area contributed by atoms with Gasteiger partial charge in [0, 0.05) is 29.0 Å². The molecule has 3 N–H and O–H groups in total. The number of anilines is 1. The molecule has 0 unspecified atom stereocenters. The van der Waals surface area contributed by atoms with Crippen molar-refractivity contribution in [3.63, 3.8) is 0 Å². The Labute approximate surface area is 196 Å². The minimum absolute atomic E-state index is 0.258. The zero-order valence-electron chi connectivity index (χ0n) is 17.7. The fraction of sp³-hybridized carbons (Fsp3) is 0.130. The van der Waals surface area contributed by atoms with Crippen molar-refractivity contribution in [2.24, 2.45) is 0 Å². The third-order valence-corrected chi connectivity index (χ3v) is 7.05. The molecule has 2 aromatic carbocycles. The number of benzene rings is 2. The third kappa shape index (κ3) is 3.73. The maximum atomic E-state index is 11.8. The van der Waals surface area contributed by atoms with Crippen molar-refractivity contribution in [1.29, 1.82) is 0 Å². The van der Waals surface area contributed by atoms with E-state index in [0.29, 0.717) is 34.2 Å². The second-order valence-electron chi connectivity index (χ2n) is 7.43. The average molecular weight is 478 g/mol. The summed E-state index contributed by atoms with van der Waals surface area (Å²) in [5.41, 5.74) is 5.17. The normalized spacial score (nSPS) is 11.2. The Kier molecular flexibility index (Phi) is 5.31. The molecule has 0 amide bonds. The van der Waals surface area contributed by atoms with Crippen LogP contribution in [0.15, 0.2) is 53.3 Å². The number of nitrogens with zero attached hydrogens (tertiary/aromatic N) is 3. The number of aromatic amines is 1. The minimum Gasteiger partial charge on any atom is -0.477 e. The van der Waals surface area contributed by atoms with Gasteiger partial charge in [-0.2, -0.15) is 4.98 Å². The molecular weight excluding hydrogens is 458 g/mol. The number of rotatable bonds is 6. The molecule has 3 aromatic heterocycles. The lowest BCUT2D eigenvalue weighted by molar-refractivity contribution is 0.0703. The zero-order valence-corrected chi connectivity index (χ0v) is 19.4. The number of aryl methyl sites for hydroxylation is 1. The molecule has 0 fully saturated rings. The summed E-state index contributed by atoms with van der Waals surface area (Å²) in [5, 5.41) is 12.8. The molecule has 0 saturated carbocycles. The molecule has 0 aliphatic rings. The number of hydrogen-bond acceptors (Lipinski definition) is 7. The van der Waals surface area contributed by atoms with E-state index >= 15 is 0 Å². The number of hydrogen-bond donors (Lipinski definition) is 3. The van der Waals surface area contributed by atoms with Crippen LogP contribution in [0.1, 0.15) is 20.1 Å². The van der Waals surface area contributed by atoms with Gasteiger partial charge in [0.15, 0.2) is 5.82 Å². The highest BCUT2D eigenvalue weighted by Gasteiger charge is 2.22. The molecule has 0 aliphatic carbocycles. The number of carbonyl (C=O) groups is 1. The lowest BCUT2D eigenvalue weighted by atomic mass is 9.98. The first-order valence-corrected chi connectivity index (χ1v) is 11.7. The molecule has 8 nitrogen and oxygen atoms in total. The molecule has 5 aromatic rings. The van der Waals surface area contributed by atoms with Gasteiger partial charge < -0.3 is 15.0 Å². The average Bonchev–Trinajstić information content (AvgIpc) is 3.50. The smallest absolute Gasteiger partial charge is 0.348 e. The van der Waals surface area contributed by atoms with Gasteiger partial charge in [-0.25, -0.2) is 9.78 Å². The van der Waals surface area contributed by atoms with E-state index in [-0.39, 0.29) is 4.87 Å². The quantitative estimate of drug-likeness (QED) is 0.327. The monoisotopic (exact) mass is 477 g/mol. The summed E-state index contributed by atoms with van der Waals surface area (Å²) in [7, 11) is 1.78. The van der Waals surface area contributed by atoms with Gasteiger partial charge in [-0.15, -0.1) is 11.3 Å². The number of aromatic carboxylic acids is 1. The first-order chi connectivity index (χ1) is 16.0. The molecule has 166 valence electrons. The van der Waals surface area contributed by atoms with Crippen LogP contribution in [0, 0.1) is 6.92 Å². The van der Waals surface area contributed by atoms with Crippen LogP contribution in [-0.2, 0) is 6.54 Å². The number of imidazole rings is 1. The lowest BCUT2D eigenvalue weighted by Crippen LogP contribution is -2.07. The van der Waals surface area contributed by atoms with Crippen molar-refractivity contribution in [1.82, 2.24) is 18.9 Å². The number of fused-ring (bicyclic) bond motifs is 1. The van der Waals surface area contributed by atoms with Crippen LogP contribution in [0.2, 0.25) is 0 Å². The maximum absolute atomic E-state index is 11.8. The van der Waals surface area contributed by atoms with Gasteiger partial charge >= 0.3 is 10.8 Å². The Balaban J connectivity index is 1.52. The SMILES string of the molecule is CNc1nc2c(C)sc(C(=O)O)c2n1Cc1ccc(-c2ccccc2-c2nc(=O)s[nH]2)cc1. The first kappa shape index (κ1) is 21.1. The Morgan fingerprint density at radius 2 is 1.85 bits per heavy atom. The third-order valence-electron chi connectivity index (χ3n) is 5.42. The first-order valence-electron chi connectivity index (χ1n) is 10.1. The van der Waals surface area contributed by atoms with Gasteiger partial charge in [-0.3, -0.25) is 9.17 Å². The minimum atomic E-state index is -0.950. The van der Waals surface area contributed by atoms with Gasteiger partial charge in [0.05, 0.1) is 12.1 Å². The van der Waals surface area contributed by atoms with Crippen LogP contribution in [0.3, 0.4) is 0 Å². The van der Waals surface area contributed by atoms with Crippen molar-refractivity contribution in [2.45, 2.75) is 13.5 Å². The number of carboxylic acids is 1. The highest BCUT2D eigenvalue weighted by molar-refractivity contribution is 7.15. The van der Waals surface area contributed by atoms with Gasteiger partial charge in [0.2, 0.25) is 5.95 Å². The van der Waals surface area contributed by atoms with Crippen molar-refractivity contribution in [2.75, 3.05) is 12.4 Å². The van der Waals surface area contributed by atoms with Crippen LogP contribution < -0.4 is 10.2 Å². The predicted octanol–water partition coefficient (Wildman–Crippen LogP) is 4.67. The molecular formula is C23H19N5O3S2. The van der Waals surface area contributed by atoms with E-state index in [4.69, 9.17) is 0 Å². The molecule has 0 radical (unpaired) electrons. The molecule has 33 heavy (non-hydrogen) atoms. The van der Waals surface area contributed by atoms with Crippen molar-refractivity contribution >= 4 is 45.8 Å². The molecule has 10 heteroatoms. The molecule has 3 heterocycles. The highest BCUT2D eigenvalue weighted by Crippen LogP contribution is 2.34. The number of thiophene rings is 1. The molecule has 5 rings (SSSR count). The molecule has 0 saturated heterocycles. The van der Waals surface area contributed by atoms with Gasteiger partial charge in [0.25, 0.3) is 0 Å². The summed E-state index contributed by atoms with van der Waals surface area (Å²) in [6, 6.07) is 15.9. The summed E-state index contributed by atoms with van der Waals surface area (Å²) in [5.74, 6) is 0.229. The summed E-state index contributed by atoms with van der Waals surface area (Å²) < 4.78 is 4.88. The Bertz CT molecular complexity index is 1540. The van der Waals surface area contributed by atoms with Gasteiger partial charge in [0.1, 0.15) is 10.4 Å². The van der Waals surface area contributed by atoms with Crippen LogP contribution in [-0.4, -0.2) is 37.0 Å². The molecule has 0 aliphatic heterocycles. The van der Waals surface area contributed by atoms with Crippen LogP contribution in [0.4, 0.5) is 5.95 Å². The summed E-state index contributed by atoms with van der Waals surface area (Å²) in [6.07, 6.45) is 0. The fourth-order valence-electron chi connectivity index (χ4n) is 3.93. The lowest BCUT2D eigenvalue weighted by Gasteiger charge is -2.11. The van der Waals surface area contributed by atoms with Crippen LogP contribution in [0.5, 0.6) is 0 Å². The van der Waals surface area contributed by atoms with E-state index in [2.05, 4.69) is 19.7 Å². The summed E-state index contributed by atoms with van der Waals surface area (Å²) >= 11 is 2.22. The molecule has 0 spiro atoms. The number of aromatic nitrogens is 4. The standard InChI is InChI=1S/C23H19N5O3S2/c1-12-17-18(19(32-12)21(29)30)28(22(24-2)25-17)11-13-7-9-14(10-8-13)15-5-3-4-6-16(15)20-26-23(31)33-27-20/h3-10H,11H2,1-2H3,(H,24,25)(H,29,30)(H,26,27,31). The predicted molar refractivity (Wildman–Crippen MR) is 132 cm³/mol. The number of nitrogens with one attached hydrogen (secondary N) is 2. The van der Waals surface area contributed by atoms with Gasteiger partial charge in [-0.05, 0) is 23.6 Å². The Hall–Kier alpha value is -3.76. The van der Waals surface area contributed by atoms with E-state index in [1.165, 1.54) is 11.3 Å². The van der Waals surface area contributed by atoms with Crippen molar-refractivity contribution in [3.05, 3.63) is 73.5 Å². The molecule has 0 bridgehead atoms. The second kappa shape index (κ2) is 8.30. The van der Waals surface area contributed by atoms with E-state index in [1.807, 2.05) is 60.0 Å². The molecule has 0 atom stereocenters. The van der Waals surface area contributed by atoms with E-state index < -0.39 is 5.97 Å². The van der Waals surface area contributed by atoms with E-state index in [0.717, 1.165) is 38.7 Å². The second-order valence-corrected chi connectivity index (χ2v) is 9.42. The van der Waals surface area contributed by atoms with Crippen LogP contribution in [0.25, 0.3) is 33.5 Å². The number of H-pyrrole nitrogens is 1. The fourth-order valence-corrected chi connectivity index (χ4v) is 5.34. The highest BCUT2D eigenvalue weighted by atomic mass is 32.1.